The molecular formula is C32H28ClN3O5S. The molecule has 2 aliphatic heterocycles. The Morgan fingerprint density at radius 3 is 2.17 bits per heavy atom. The number of alkyl halides is 1. The molecule has 2 fully saturated rings. The lowest BCUT2D eigenvalue weighted by Gasteiger charge is -2.44. The molecule has 0 bridgehead atoms. The molecule has 2 amide bonds. The molecule has 2 aliphatic rings. The van der Waals surface area contributed by atoms with E-state index in [9.17, 15) is 14.4 Å². The van der Waals surface area contributed by atoms with Crippen LogP contribution in [0.15, 0.2) is 95.5 Å². The number of nitrogens with one attached hydrogen (secondary N) is 1. The Labute approximate surface area is 252 Å². The van der Waals surface area contributed by atoms with Crippen molar-refractivity contribution in [2.45, 2.75) is 42.2 Å². The average Bonchev–Trinajstić information content (AvgIpc) is 3.55. The molecule has 42 heavy (non-hydrogen) atoms. The lowest BCUT2D eigenvalue weighted by atomic mass is 9.95. The van der Waals surface area contributed by atoms with Gasteiger partial charge in [0.1, 0.15) is 34.5 Å². The van der Waals surface area contributed by atoms with Crippen LogP contribution in [0.25, 0.3) is 11.3 Å². The van der Waals surface area contributed by atoms with Gasteiger partial charge < -0.3 is 19.5 Å². The van der Waals surface area contributed by atoms with E-state index in [0.29, 0.717) is 11.5 Å². The Kier molecular flexibility index (Phi) is 7.55. The Morgan fingerprint density at radius 2 is 1.60 bits per heavy atom. The van der Waals surface area contributed by atoms with E-state index in [1.54, 1.807) is 6.92 Å². The molecule has 214 valence electrons. The molecule has 10 heteroatoms. The van der Waals surface area contributed by atoms with Gasteiger partial charge in [0.25, 0.3) is 5.91 Å². The highest BCUT2D eigenvalue weighted by molar-refractivity contribution is 8.01. The van der Waals surface area contributed by atoms with Crippen molar-refractivity contribution in [3.05, 3.63) is 113 Å². The number of aromatic nitrogens is 1. The first-order chi connectivity index (χ1) is 20.3. The number of nitrogens with zero attached hydrogens (tertiary/aromatic N) is 2. The Hall–Kier alpha value is -4.08. The van der Waals surface area contributed by atoms with Crippen molar-refractivity contribution < 1.29 is 23.6 Å². The fourth-order valence-electron chi connectivity index (χ4n) is 5.53. The summed E-state index contributed by atoms with van der Waals surface area (Å²) in [6.45, 7) is 3.50. The number of hydrogen-bond acceptors (Lipinski definition) is 7. The van der Waals surface area contributed by atoms with Gasteiger partial charge in [-0.15, -0.1) is 23.4 Å². The van der Waals surface area contributed by atoms with Crippen LogP contribution in [0.1, 0.15) is 40.3 Å². The van der Waals surface area contributed by atoms with Gasteiger partial charge in [-0.05, 0) is 25.0 Å². The van der Waals surface area contributed by atoms with E-state index < -0.39 is 40.2 Å². The van der Waals surface area contributed by atoms with Crippen molar-refractivity contribution in [2.75, 3.05) is 5.88 Å². The molecule has 1 N–H and O–H groups in total. The second-order valence-electron chi connectivity index (χ2n) is 10.5. The molecule has 0 radical (unpaired) electrons. The van der Waals surface area contributed by atoms with E-state index in [-0.39, 0.29) is 17.4 Å². The van der Waals surface area contributed by atoms with E-state index in [4.69, 9.17) is 20.9 Å². The predicted molar refractivity (Wildman–Crippen MR) is 160 cm³/mol. The summed E-state index contributed by atoms with van der Waals surface area (Å²) in [5.74, 6) is -0.956. The van der Waals surface area contributed by atoms with E-state index >= 15 is 0 Å². The van der Waals surface area contributed by atoms with Crippen LogP contribution in [0.2, 0.25) is 0 Å². The van der Waals surface area contributed by atoms with Crippen LogP contribution in [-0.4, -0.2) is 55.9 Å². The molecular weight excluding hydrogens is 574 g/mol. The maximum atomic E-state index is 13.9. The summed E-state index contributed by atoms with van der Waals surface area (Å²) >= 11 is 7.83. The molecule has 3 aromatic carbocycles. The fourth-order valence-corrected chi connectivity index (χ4v) is 7.48. The number of ether oxygens (including phenoxy) is 1. The van der Waals surface area contributed by atoms with Gasteiger partial charge in [-0.25, -0.2) is 4.79 Å². The topological polar surface area (TPSA) is 102 Å². The number of rotatable bonds is 8. The highest BCUT2D eigenvalue weighted by atomic mass is 35.5. The van der Waals surface area contributed by atoms with Crippen LogP contribution < -0.4 is 5.32 Å². The van der Waals surface area contributed by atoms with Gasteiger partial charge in [0, 0.05) is 11.4 Å². The first-order valence-corrected chi connectivity index (χ1v) is 14.9. The van der Waals surface area contributed by atoms with E-state index in [1.165, 1.54) is 16.7 Å². The minimum atomic E-state index is -0.933. The third kappa shape index (κ3) is 4.86. The molecule has 8 nitrogen and oxygen atoms in total. The molecule has 2 saturated heterocycles. The summed E-state index contributed by atoms with van der Waals surface area (Å²) in [6.07, 6.45) is -0.664. The lowest BCUT2D eigenvalue weighted by Crippen LogP contribution is -2.71. The van der Waals surface area contributed by atoms with Gasteiger partial charge in [0.05, 0.1) is 4.75 Å². The first kappa shape index (κ1) is 28.1. The first-order valence-electron chi connectivity index (χ1n) is 13.5. The SMILES string of the molecule is Cc1onc(-c2ccccc2)c1C(=O)N[C@@H]1C(=O)N2[C@@H]1S[C@@](C)(CCl)[C@@H]2C(=O)OC(c1ccccc1)c1ccccc1. The smallest absolute Gasteiger partial charge is 0.331 e. The van der Waals surface area contributed by atoms with E-state index in [2.05, 4.69) is 10.5 Å². The summed E-state index contributed by atoms with van der Waals surface area (Å²) in [7, 11) is 0. The zero-order valence-electron chi connectivity index (χ0n) is 22.9. The maximum Gasteiger partial charge on any atom is 0.331 e. The zero-order valence-corrected chi connectivity index (χ0v) is 24.5. The normalized spacial score (nSPS) is 22.9. The van der Waals surface area contributed by atoms with Gasteiger partial charge in [0.15, 0.2) is 6.10 Å². The number of halogens is 1. The van der Waals surface area contributed by atoms with Crippen LogP contribution in [0, 0.1) is 6.92 Å². The third-order valence-corrected chi connectivity index (χ3v) is 10.0. The van der Waals surface area contributed by atoms with Gasteiger partial charge in [-0.3, -0.25) is 9.59 Å². The number of esters is 1. The Morgan fingerprint density at radius 1 is 1.02 bits per heavy atom. The van der Waals surface area contributed by atoms with Crippen LogP contribution in [0.5, 0.6) is 0 Å². The Bertz CT molecular complexity index is 1580. The van der Waals surface area contributed by atoms with Crippen molar-refractivity contribution in [3.63, 3.8) is 0 Å². The minimum Gasteiger partial charge on any atom is -0.451 e. The number of β-lactam (4-membered cyclic amide) rings is 1. The highest BCUT2D eigenvalue weighted by Crippen LogP contribution is 2.52. The molecule has 0 spiro atoms. The largest absolute Gasteiger partial charge is 0.451 e. The molecule has 3 heterocycles. The van der Waals surface area contributed by atoms with Crippen molar-refractivity contribution in [1.82, 2.24) is 15.4 Å². The predicted octanol–water partition coefficient (Wildman–Crippen LogP) is 5.36. The molecule has 1 aromatic heterocycles. The quantitative estimate of drug-likeness (QED) is 0.165. The van der Waals surface area contributed by atoms with Gasteiger partial charge >= 0.3 is 5.97 Å². The standard InChI is InChI=1S/C32H28ClN3O5S/c1-19-23(24(35-41-19)20-12-6-3-7-13-20)28(37)34-25-29(38)36-27(32(2,18-33)42-30(25)36)31(39)40-26(21-14-8-4-9-15-21)22-16-10-5-11-17-22/h3-17,25-27,30H,18H2,1-2H3,(H,34,37)/t25-,27+,30-,32+/m1/s1. The summed E-state index contributed by atoms with van der Waals surface area (Å²) in [5, 5.41) is 6.45. The van der Waals surface area contributed by atoms with Crippen molar-refractivity contribution in [1.29, 1.82) is 0 Å². The van der Waals surface area contributed by atoms with Crippen LogP contribution in [0.3, 0.4) is 0 Å². The summed E-state index contributed by atoms with van der Waals surface area (Å²) in [4.78, 5) is 42.4. The number of aryl methyl sites for hydroxylation is 1. The van der Waals surface area contributed by atoms with Gasteiger partial charge in [-0.2, -0.15) is 0 Å². The minimum absolute atomic E-state index is 0.0998. The van der Waals surface area contributed by atoms with Crippen molar-refractivity contribution in [3.8, 4) is 11.3 Å². The summed E-state index contributed by atoms with van der Waals surface area (Å²) < 4.78 is 10.6. The van der Waals surface area contributed by atoms with Gasteiger partial charge in [-0.1, -0.05) is 96.2 Å². The molecule has 0 aliphatic carbocycles. The molecule has 4 aromatic rings. The van der Waals surface area contributed by atoms with Crippen LogP contribution in [-0.2, 0) is 14.3 Å². The van der Waals surface area contributed by atoms with E-state index in [1.807, 2.05) is 97.9 Å². The molecule has 0 unspecified atom stereocenters. The maximum absolute atomic E-state index is 13.9. The number of thioether (sulfide) groups is 1. The second-order valence-corrected chi connectivity index (χ2v) is 12.4. The monoisotopic (exact) mass is 601 g/mol. The zero-order chi connectivity index (χ0) is 29.4. The van der Waals surface area contributed by atoms with Crippen LogP contribution in [0.4, 0.5) is 0 Å². The number of carbonyl (C=O) groups is 3. The number of carbonyl (C=O) groups excluding carboxylic acids is 3. The molecule has 4 atom stereocenters. The Balaban J connectivity index is 1.24. The third-order valence-electron chi connectivity index (χ3n) is 7.68. The number of benzene rings is 3. The van der Waals surface area contributed by atoms with Gasteiger partial charge in [0.2, 0.25) is 5.91 Å². The fraction of sp³-hybridized carbons (Fsp3) is 0.250. The van der Waals surface area contributed by atoms with Crippen molar-refractivity contribution in [2.24, 2.45) is 0 Å². The summed E-state index contributed by atoms with van der Waals surface area (Å²) in [5.41, 5.74) is 3.00. The summed E-state index contributed by atoms with van der Waals surface area (Å²) in [6, 6.07) is 26.4. The lowest BCUT2D eigenvalue weighted by molar-refractivity contribution is -0.166. The average molecular weight is 602 g/mol. The van der Waals surface area contributed by atoms with Crippen molar-refractivity contribution >= 4 is 41.1 Å². The van der Waals surface area contributed by atoms with E-state index in [0.717, 1.165) is 16.7 Å². The second kappa shape index (κ2) is 11.3. The number of fused-ring (bicyclic) bond motifs is 1. The highest BCUT2D eigenvalue weighted by Gasteiger charge is 2.66. The molecule has 6 rings (SSSR count). The number of amides is 2. The van der Waals surface area contributed by atoms with Crippen LogP contribution >= 0.6 is 23.4 Å². The molecule has 0 saturated carbocycles. The number of hydrogen-bond donors (Lipinski definition) is 1.